The van der Waals surface area contributed by atoms with Gasteiger partial charge in [-0.05, 0) is 64.2 Å². The lowest BCUT2D eigenvalue weighted by Gasteiger charge is -2.52. The van der Waals surface area contributed by atoms with Crippen LogP contribution < -0.4 is 4.90 Å². The van der Waals surface area contributed by atoms with E-state index in [4.69, 9.17) is 32.9 Å². The summed E-state index contributed by atoms with van der Waals surface area (Å²) in [5.74, 6) is 0.296. The zero-order valence-electron chi connectivity index (χ0n) is 26.7. The molecule has 0 atom stereocenters. The molecule has 0 unspecified atom stereocenters. The van der Waals surface area contributed by atoms with Crippen LogP contribution in [0.4, 0.5) is 10.2 Å². The summed E-state index contributed by atoms with van der Waals surface area (Å²) in [7, 11) is 5.75. The second-order valence-electron chi connectivity index (χ2n) is 12.8. The van der Waals surface area contributed by atoms with Crippen molar-refractivity contribution < 1.29 is 13.9 Å². The fourth-order valence-corrected chi connectivity index (χ4v) is 7.41. The lowest BCUT2D eigenvalue weighted by atomic mass is 9.90. The van der Waals surface area contributed by atoms with E-state index in [1.165, 1.54) is 6.07 Å². The lowest BCUT2D eigenvalue weighted by Crippen LogP contribution is -2.67. The number of likely N-dealkylation sites (N-methyl/N-ethyl adjacent to an activating group) is 1. The number of benzene rings is 2. The third-order valence-corrected chi connectivity index (χ3v) is 10.3. The predicted molar refractivity (Wildman–Crippen MR) is 184 cm³/mol. The number of pyridine rings is 2. The number of amides is 1. The zero-order chi connectivity index (χ0) is 33.0. The van der Waals surface area contributed by atoms with E-state index in [0.29, 0.717) is 81.5 Å². The van der Waals surface area contributed by atoms with Gasteiger partial charge in [0, 0.05) is 67.5 Å². The maximum atomic E-state index is 14.8. The normalized spacial score (nSPS) is 17.1. The third kappa shape index (κ3) is 5.39. The summed E-state index contributed by atoms with van der Waals surface area (Å²) >= 11 is 14.3. The van der Waals surface area contributed by atoms with Crippen LogP contribution in [0.15, 0.2) is 48.7 Å². The van der Waals surface area contributed by atoms with Crippen molar-refractivity contribution in [3.8, 4) is 11.1 Å². The van der Waals surface area contributed by atoms with Crippen LogP contribution in [0.3, 0.4) is 0 Å². The highest BCUT2D eigenvalue weighted by molar-refractivity contribution is 6.44. The van der Waals surface area contributed by atoms with Crippen molar-refractivity contribution in [1.82, 2.24) is 34.8 Å². The molecule has 5 aromatic rings. The van der Waals surface area contributed by atoms with Crippen LogP contribution in [-0.2, 0) is 9.53 Å². The molecule has 0 spiro atoms. The van der Waals surface area contributed by atoms with Gasteiger partial charge in [0.1, 0.15) is 11.3 Å². The largest absolute Gasteiger partial charge is 0.381 e. The minimum absolute atomic E-state index is 0.00337. The Hall–Kier alpha value is -3.90. The Morgan fingerprint density at radius 2 is 1.89 bits per heavy atom. The predicted octanol–water partition coefficient (Wildman–Crippen LogP) is 6.15. The average Bonchev–Trinajstić information content (AvgIpc) is 3.50. The van der Waals surface area contributed by atoms with Crippen molar-refractivity contribution in [2.45, 2.75) is 31.3 Å². The van der Waals surface area contributed by atoms with Crippen LogP contribution in [0.25, 0.3) is 44.0 Å². The van der Waals surface area contributed by atoms with Crippen molar-refractivity contribution in [2.75, 3.05) is 58.9 Å². The zero-order valence-corrected chi connectivity index (χ0v) is 28.2. The van der Waals surface area contributed by atoms with Gasteiger partial charge in [-0.25, -0.2) is 14.1 Å². The van der Waals surface area contributed by atoms with Gasteiger partial charge in [0.2, 0.25) is 5.91 Å². The molecule has 1 amide bonds. The first-order valence-electron chi connectivity index (χ1n) is 15.6. The second-order valence-corrected chi connectivity index (χ2v) is 13.6. The van der Waals surface area contributed by atoms with Gasteiger partial charge in [-0.1, -0.05) is 34.5 Å². The molecule has 5 heterocycles. The van der Waals surface area contributed by atoms with Crippen LogP contribution in [-0.4, -0.2) is 100 Å². The number of ether oxygens (including phenoxy) is 1. The standard InChI is InChI=1S/C34H35Cl2FN8O2/c1-34(42(2)3)18-44(19-34)33-31-32(45(41-40-31)20-11-14-43(15-12-20)26(46)8-6-16-47-4)23-17-24(35)27(28(36)30(23)39-33)22-9-10-25(37)21-7-5-13-38-29(21)22/h5-10,13,17,20H,11-12,14-16,18-19H2,1-4H3/b8-6+. The first-order chi connectivity index (χ1) is 22.6. The van der Waals surface area contributed by atoms with Crippen LogP contribution in [0.2, 0.25) is 10.0 Å². The summed E-state index contributed by atoms with van der Waals surface area (Å²) in [4.78, 5) is 28.6. The summed E-state index contributed by atoms with van der Waals surface area (Å²) < 4.78 is 21.8. The minimum Gasteiger partial charge on any atom is -0.381 e. The second kappa shape index (κ2) is 12.3. The number of aromatic nitrogens is 5. The highest BCUT2D eigenvalue weighted by atomic mass is 35.5. The van der Waals surface area contributed by atoms with Crippen molar-refractivity contribution in [3.05, 3.63) is 64.5 Å². The minimum atomic E-state index is -0.373. The van der Waals surface area contributed by atoms with E-state index in [0.717, 1.165) is 24.0 Å². The number of likely N-dealkylation sites (tertiary alicyclic amines) is 1. The van der Waals surface area contributed by atoms with Gasteiger partial charge in [0.05, 0.1) is 39.3 Å². The summed E-state index contributed by atoms with van der Waals surface area (Å²) in [5.41, 5.74) is 3.63. The first kappa shape index (κ1) is 31.7. The molecule has 2 fully saturated rings. The number of methoxy groups -OCH3 is 1. The molecular formula is C34H35Cl2FN8O2. The van der Waals surface area contributed by atoms with E-state index in [1.807, 2.05) is 15.6 Å². The average molecular weight is 678 g/mol. The Bertz CT molecular complexity index is 2050. The Morgan fingerprint density at radius 3 is 2.62 bits per heavy atom. The molecule has 0 aliphatic carbocycles. The van der Waals surface area contributed by atoms with Crippen molar-refractivity contribution >= 4 is 67.8 Å². The number of anilines is 1. The molecule has 2 aliphatic heterocycles. The van der Waals surface area contributed by atoms with Crippen LogP contribution in [0, 0.1) is 5.82 Å². The number of carbonyl (C=O) groups is 1. The number of fused-ring (bicyclic) bond motifs is 4. The molecule has 2 aliphatic rings. The van der Waals surface area contributed by atoms with Gasteiger partial charge < -0.3 is 19.4 Å². The van der Waals surface area contributed by atoms with Gasteiger partial charge in [-0.3, -0.25) is 9.78 Å². The summed E-state index contributed by atoms with van der Waals surface area (Å²) in [6.45, 7) is 5.28. The van der Waals surface area contributed by atoms with E-state index < -0.39 is 0 Å². The van der Waals surface area contributed by atoms with Crippen LogP contribution in [0.5, 0.6) is 0 Å². The maximum Gasteiger partial charge on any atom is 0.246 e. The molecule has 0 radical (unpaired) electrons. The molecule has 244 valence electrons. The Morgan fingerprint density at radius 1 is 1.13 bits per heavy atom. The number of hydrogen-bond donors (Lipinski definition) is 0. The highest BCUT2D eigenvalue weighted by Gasteiger charge is 2.43. The van der Waals surface area contributed by atoms with Crippen molar-refractivity contribution in [3.63, 3.8) is 0 Å². The smallest absolute Gasteiger partial charge is 0.246 e. The van der Waals surface area contributed by atoms with Crippen molar-refractivity contribution in [2.24, 2.45) is 0 Å². The quantitative estimate of drug-likeness (QED) is 0.190. The van der Waals surface area contributed by atoms with Crippen molar-refractivity contribution in [1.29, 1.82) is 0 Å². The third-order valence-electron chi connectivity index (χ3n) is 9.64. The molecule has 2 saturated heterocycles. The lowest BCUT2D eigenvalue weighted by molar-refractivity contribution is -0.127. The molecule has 0 saturated carbocycles. The van der Waals surface area contributed by atoms with E-state index in [-0.39, 0.29) is 23.3 Å². The van der Waals surface area contributed by atoms with Crippen LogP contribution >= 0.6 is 23.2 Å². The molecule has 2 aromatic carbocycles. The van der Waals surface area contributed by atoms with Gasteiger partial charge in [0.25, 0.3) is 0 Å². The number of carbonyl (C=O) groups excluding carboxylic acids is 1. The van der Waals surface area contributed by atoms with Gasteiger partial charge in [-0.15, -0.1) is 5.10 Å². The number of hydrogen-bond acceptors (Lipinski definition) is 8. The monoisotopic (exact) mass is 676 g/mol. The molecular weight excluding hydrogens is 642 g/mol. The number of rotatable bonds is 7. The fourth-order valence-electron chi connectivity index (χ4n) is 6.71. The number of nitrogens with zero attached hydrogens (tertiary/aromatic N) is 8. The molecule has 47 heavy (non-hydrogen) atoms. The molecule has 7 rings (SSSR count). The maximum absolute atomic E-state index is 14.8. The van der Waals surface area contributed by atoms with Gasteiger partial charge in [0.15, 0.2) is 11.3 Å². The SMILES string of the molecule is COC/C=C/C(=O)N1CCC(n2nnc3c(N4CC(C)(N(C)C)C4)nc4c(Cl)c(-c5ccc(F)c6cccnc56)c(Cl)cc4c32)CC1. The van der Waals surface area contributed by atoms with E-state index in [2.05, 4.69) is 46.1 Å². The molecule has 13 heteroatoms. The summed E-state index contributed by atoms with van der Waals surface area (Å²) in [6.07, 6.45) is 6.33. The van der Waals surface area contributed by atoms with Gasteiger partial charge >= 0.3 is 0 Å². The molecule has 0 bridgehead atoms. The molecule has 0 N–H and O–H groups in total. The van der Waals surface area contributed by atoms with Crippen LogP contribution in [0.1, 0.15) is 25.8 Å². The molecule has 3 aromatic heterocycles. The summed E-state index contributed by atoms with van der Waals surface area (Å²) in [5, 5.41) is 11.2. The highest BCUT2D eigenvalue weighted by Crippen LogP contribution is 2.46. The molecule has 10 nitrogen and oxygen atoms in total. The summed E-state index contributed by atoms with van der Waals surface area (Å²) in [6, 6.07) is 8.31. The Kier molecular flexibility index (Phi) is 8.28. The topological polar surface area (TPSA) is 92.5 Å². The van der Waals surface area contributed by atoms with E-state index >= 15 is 0 Å². The number of piperidine rings is 1. The Labute approximate surface area is 281 Å². The Balaban J connectivity index is 1.36. The van der Waals surface area contributed by atoms with E-state index in [9.17, 15) is 9.18 Å². The number of halogens is 3. The van der Waals surface area contributed by atoms with E-state index in [1.54, 1.807) is 43.7 Å². The fraction of sp³-hybridized carbons (Fsp3) is 0.382. The van der Waals surface area contributed by atoms with Gasteiger partial charge in [-0.2, -0.15) is 0 Å². The first-order valence-corrected chi connectivity index (χ1v) is 16.3.